The molecule has 0 aromatic carbocycles. The molecule has 126 valence electrons. The van der Waals surface area contributed by atoms with Gasteiger partial charge in [0.1, 0.15) is 0 Å². The zero-order valence-corrected chi connectivity index (χ0v) is 13.6. The Kier molecular flexibility index (Phi) is 4.08. The van der Waals surface area contributed by atoms with E-state index in [0.29, 0.717) is 11.8 Å². The van der Waals surface area contributed by atoms with Gasteiger partial charge in [0.15, 0.2) is 11.5 Å². The standard InChI is InChI=1S/C15H20N8O/c1-24-14-3-2-13-18-19-15(23(13)20-14)12-4-8-21(9-5-12)10-11-22-16-6-7-17-22/h2-3,6-7,12H,4-5,8-11H2,1H3. The van der Waals surface area contributed by atoms with Gasteiger partial charge < -0.3 is 9.64 Å². The molecule has 9 nitrogen and oxygen atoms in total. The second kappa shape index (κ2) is 6.52. The number of rotatable bonds is 5. The van der Waals surface area contributed by atoms with Crippen LogP contribution in [0.2, 0.25) is 0 Å². The highest BCUT2D eigenvalue weighted by molar-refractivity contribution is 5.38. The van der Waals surface area contributed by atoms with Crippen molar-refractivity contribution in [1.29, 1.82) is 0 Å². The summed E-state index contributed by atoms with van der Waals surface area (Å²) in [5, 5.41) is 21.3. The van der Waals surface area contributed by atoms with Gasteiger partial charge in [-0.1, -0.05) is 0 Å². The van der Waals surface area contributed by atoms with E-state index in [1.807, 2.05) is 10.6 Å². The summed E-state index contributed by atoms with van der Waals surface area (Å²) in [5.74, 6) is 1.88. The van der Waals surface area contributed by atoms with Crippen LogP contribution in [0.3, 0.4) is 0 Å². The average molecular weight is 328 g/mol. The Morgan fingerprint density at radius 1 is 1.08 bits per heavy atom. The van der Waals surface area contributed by atoms with Gasteiger partial charge in [-0.3, -0.25) is 0 Å². The molecule has 4 heterocycles. The summed E-state index contributed by atoms with van der Waals surface area (Å²) in [4.78, 5) is 4.17. The molecule has 1 fully saturated rings. The van der Waals surface area contributed by atoms with Crippen molar-refractivity contribution in [1.82, 2.24) is 39.7 Å². The molecular formula is C15H20N8O. The van der Waals surface area contributed by atoms with E-state index in [-0.39, 0.29) is 0 Å². The second-order valence-electron chi connectivity index (χ2n) is 5.94. The molecule has 0 spiro atoms. The molecule has 3 aromatic rings. The molecule has 24 heavy (non-hydrogen) atoms. The van der Waals surface area contributed by atoms with E-state index in [0.717, 1.165) is 50.5 Å². The van der Waals surface area contributed by atoms with Gasteiger partial charge in [-0.2, -0.15) is 19.5 Å². The zero-order chi connectivity index (χ0) is 16.4. The Labute approximate surface area is 139 Å². The highest BCUT2D eigenvalue weighted by Gasteiger charge is 2.25. The number of hydrogen-bond acceptors (Lipinski definition) is 7. The third kappa shape index (κ3) is 2.94. The molecule has 0 amide bonds. The fraction of sp³-hybridized carbons (Fsp3) is 0.533. The molecular weight excluding hydrogens is 308 g/mol. The third-order valence-electron chi connectivity index (χ3n) is 4.51. The Hall–Kier alpha value is -2.55. The summed E-state index contributed by atoms with van der Waals surface area (Å²) >= 11 is 0. The molecule has 0 saturated carbocycles. The number of likely N-dealkylation sites (tertiary alicyclic amines) is 1. The molecule has 1 saturated heterocycles. The number of ether oxygens (including phenoxy) is 1. The summed E-state index contributed by atoms with van der Waals surface area (Å²) in [6.07, 6.45) is 5.52. The average Bonchev–Trinajstić information content (AvgIpc) is 3.29. The monoisotopic (exact) mass is 328 g/mol. The Bertz CT molecular complexity index is 791. The molecule has 1 aliphatic heterocycles. The fourth-order valence-corrected chi connectivity index (χ4v) is 3.16. The van der Waals surface area contributed by atoms with Crippen LogP contribution in [0.5, 0.6) is 5.88 Å². The lowest BCUT2D eigenvalue weighted by Crippen LogP contribution is -2.36. The first kappa shape index (κ1) is 15.0. The maximum atomic E-state index is 5.21. The number of piperidine rings is 1. The molecule has 3 aromatic heterocycles. The molecule has 0 N–H and O–H groups in total. The zero-order valence-electron chi connectivity index (χ0n) is 13.6. The van der Waals surface area contributed by atoms with Crippen molar-refractivity contribution < 1.29 is 4.74 Å². The smallest absolute Gasteiger partial charge is 0.231 e. The largest absolute Gasteiger partial charge is 0.480 e. The molecule has 0 atom stereocenters. The van der Waals surface area contributed by atoms with Gasteiger partial charge in [-0.15, -0.1) is 15.3 Å². The van der Waals surface area contributed by atoms with Crippen molar-refractivity contribution in [2.45, 2.75) is 25.3 Å². The van der Waals surface area contributed by atoms with Crippen molar-refractivity contribution >= 4 is 5.65 Å². The minimum atomic E-state index is 0.374. The highest BCUT2D eigenvalue weighted by atomic mass is 16.5. The van der Waals surface area contributed by atoms with Crippen LogP contribution in [0.15, 0.2) is 24.5 Å². The fourth-order valence-electron chi connectivity index (χ4n) is 3.16. The van der Waals surface area contributed by atoms with E-state index >= 15 is 0 Å². The van der Waals surface area contributed by atoms with Crippen LogP contribution < -0.4 is 4.74 Å². The maximum absolute atomic E-state index is 5.21. The van der Waals surface area contributed by atoms with Crippen molar-refractivity contribution in [2.24, 2.45) is 0 Å². The molecule has 4 rings (SSSR count). The lowest BCUT2D eigenvalue weighted by molar-refractivity contribution is 0.196. The van der Waals surface area contributed by atoms with E-state index in [1.165, 1.54) is 0 Å². The van der Waals surface area contributed by atoms with Crippen molar-refractivity contribution in [3.05, 3.63) is 30.4 Å². The minimum Gasteiger partial charge on any atom is -0.480 e. The van der Waals surface area contributed by atoms with Crippen LogP contribution in [0, 0.1) is 0 Å². The Morgan fingerprint density at radius 3 is 2.62 bits per heavy atom. The molecule has 1 aliphatic rings. The SMILES string of the molecule is COc1ccc2nnc(C3CCN(CCn4nccn4)CC3)n2n1. The van der Waals surface area contributed by atoms with Gasteiger partial charge in [-0.25, -0.2) is 0 Å². The van der Waals surface area contributed by atoms with E-state index in [4.69, 9.17) is 4.74 Å². The van der Waals surface area contributed by atoms with Gasteiger partial charge in [-0.05, 0) is 32.0 Å². The van der Waals surface area contributed by atoms with Crippen LogP contribution >= 0.6 is 0 Å². The van der Waals surface area contributed by atoms with Crippen LogP contribution in [0.1, 0.15) is 24.6 Å². The first-order chi connectivity index (χ1) is 11.8. The normalized spacial score (nSPS) is 16.7. The van der Waals surface area contributed by atoms with Gasteiger partial charge in [0.25, 0.3) is 0 Å². The van der Waals surface area contributed by atoms with E-state index in [2.05, 4.69) is 30.4 Å². The number of aromatic nitrogens is 7. The summed E-state index contributed by atoms with van der Waals surface area (Å²) in [5.41, 5.74) is 0.762. The maximum Gasteiger partial charge on any atom is 0.231 e. The van der Waals surface area contributed by atoms with Crippen LogP contribution in [-0.4, -0.2) is 66.4 Å². The molecule has 9 heteroatoms. The number of hydrogen-bond donors (Lipinski definition) is 0. The Balaban J connectivity index is 1.40. The Morgan fingerprint density at radius 2 is 1.88 bits per heavy atom. The lowest BCUT2D eigenvalue weighted by atomic mass is 9.96. The van der Waals surface area contributed by atoms with Gasteiger partial charge in [0.2, 0.25) is 5.88 Å². The molecule has 0 unspecified atom stereocenters. The quantitative estimate of drug-likeness (QED) is 0.678. The van der Waals surface area contributed by atoms with Crippen molar-refractivity contribution in [3.63, 3.8) is 0 Å². The summed E-state index contributed by atoms with van der Waals surface area (Å²) in [6.45, 7) is 3.86. The second-order valence-corrected chi connectivity index (χ2v) is 5.94. The number of methoxy groups -OCH3 is 1. The van der Waals surface area contributed by atoms with Crippen LogP contribution in [0.4, 0.5) is 0 Å². The number of fused-ring (bicyclic) bond motifs is 1. The predicted octanol–water partition coefficient (Wildman–Crippen LogP) is 0.604. The van der Waals surface area contributed by atoms with Gasteiger partial charge >= 0.3 is 0 Å². The molecule has 0 radical (unpaired) electrons. The predicted molar refractivity (Wildman–Crippen MR) is 85.8 cm³/mol. The topological polar surface area (TPSA) is 86.3 Å². The molecule has 0 bridgehead atoms. The molecule has 0 aliphatic carbocycles. The summed E-state index contributed by atoms with van der Waals surface area (Å²) < 4.78 is 7.02. The lowest BCUT2D eigenvalue weighted by Gasteiger charge is -2.30. The first-order valence-electron chi connectivity index (χ1n) is 8.16. The summed E-state index contributed by atoms with van der Waals surface area (Å²) in [7, 11) is 1.62. The number of nitrogens with zero attached hydrogens (tertiary/aromatic N) is 8. The van der Waals surface area contributed by atoms with Crippen LogP contribution in [0.25, 0.3) is 5.65 Å². The highest BCUT2D eigenvalue weighted by Crippen LogP contribution is 2.27. The van der Waals surface area contributed by atoms with Gasteiger partial charge in [0.05, 0.1) is 26.0 Å². The van der Waals surface area contributed by atoms with Gasteiger partial charge in [0, 0.05) is 18.5 Å². The van der Waals surface area contributed by atoms with E-state index in [9.17, 15) is 0 Å². The van der Waals surface area contributed by atoms with Crippen molar-refractivity contribution in [3.8, 4) is 5.88 Å². The van der Waals surface area contributed by atoms with Crippen LogP contribution in [-0.2, 0) is 6.54 Å². The first-order valence-corrected chi connectivity index (χ1v) is 8.16. The van der Waals surface area contributed by atoms with Crippen molar-refractivity contribution in [2.75, 3.05) is 26.7 Å². The van der Waals surface area contributed by atoms with E-state index < -0.39 is 0 Å². The summed E-state index contributed by atoms with van der Waals surface area (Å²) in [6, 6.07) is 3.69. The van der Waals surface area contributed by atoms with E-state index in [1.54, 1.807) is 30.4 Å². The third-order valence-corrected chi connectivity index (χ3v) is 4.51. The minimum absolute atomic E-state index is 0.374.